The number of nitrogens with one attached hydrogen (secondary N) is 13. The molecular formula is C61H95N21O19S. The number of carbonyl (C=O) groups is 15. The van der Waals surface area contributed by atoms with E-state index < -0.39 is 195 Å². The average Bonchev–Trinajstić information content (AvgIpc) is 0.867. The Morgan fingerprint density at radius 1 is 0.431 bits per heavy atom. The normalized spacial score (nSPS) is 13.7. The number of primary amides is 1. The van der Waals surface area contributed by atoms with E-state index in [9.17, 15) is 92.3 Å². The number of hydrogen-bond donors (Lipinski definition) is 24. The summed E-state index contributed by atoms with van der Waals surface area (Å²) in [5.74, 6) is -15.5. The first-order valence-electron chi connectivity index (χ1n) is 32.0. The number of aliphatic carboxylic acids is 1. The summed E-state index contributed by atoms with van der Waals surface area (Å²) in [5.41, 5.74) is 34.0. The number of carboxylic acid groups (broad SMARTS) is 1. The van der Waals surface area contributed by atoms with Crippen LogP contribution >= 0.6 is 12.6 Å². The molecule has 2 aromatic carbocycles. The highest BCUT2D eigenvalue weighted by Gasteiger charge is 2.34. The molecule has 41 heteroatoms. The third kappa shape index (κ3) is 35.1. The van der Waals surface area contributed by atoms with E-state index >= 15 is 0 Å². The number of guanidine groups is 2. The van der Waals surface area contributed by atoms with E-state index in [0.29, 0.717) is 17.5 Å². The van der Waals surface area contributed by atoms with Crippen LogP contribution in [0.15, 0.2) is 58.5 Å². The quantitative estimate of drug-likeness (QED) is 0.0127. The Morgan fingerprint density at radius 2 is 0.784 bits per heavy atom. The van der Waals surface area contributed by atoms with Gasteiger partial charge in [0.15, 0.2) is 11.9 Å². The summed E-state index contributed by atoms with van der Waals surface area (Å²) in [6, 6.07) is -2.94. The van der Waals surface area contributed by atoms with E-state index in [-0.39, 0.29) is 86.7 Å². The topological polar surface area (TPSA) is 674 Å². The van der Waals surface area contributed by atoms with Crippen LogP contribution < -0.4 is 104 Å². The minimum absolute atomic E-state index is 0.0430. The summed E-state index contributed by atoms with van der Waals surface area (Å²) in [4.78, 5) is 204. The van der Waals surface area contributed by atoms with Crippen LogP contribution in [0, 0.1) is 5.92 Å². The first kappa shape index (κ1) is 87.0. The van der Waals surface area contributed by atoms with Crippen molar-refractivity contribution in [2.24, 2.45) is 50.3 Å². The Balaban J connectivity index is 2.03. The van der Waals surface area contributed by atoms with E-state index in [1.54, 1.807) is 0 Å². The highest BCUT2D eigenvalue weighted by atomic mass is 32.1. The number of aliphatic imine (C=N–C) groups is 2. The third-order valence-corrected chi connectivity index (χ3v) is 14.8. The van der Waals surface area contributed by atoms with Gasteiger partial charge in [0.2, 0.25) is 82.7 Å². The molecule has 0 unspecified atom stereocenters. The second kappa shape index (κ2) is 45.5. The van der Waals surface area contributed by atoms with Gasteiger partial charge in [-0.15, -0.1) is 0 Å². The van der Waals surface area contributed by atoms with Gasteiger partial charge in [0.1, 0.15) is 65.9 Å². The Kier molecular flexibility index (Phi) is 38.8. The number of nitrogens with two attached hydrogens (primary N) is 6. The van der Waals surface area contributed by atoms with E-state index in [4.69, 9.17) is 34.4 Å². The van der Waals surface area contributed by atoms with Crippen molar-refractivity contribution in [3.8, 4) is 11.5 Å². The minimum Gasteiger partial charge on any atom is -0.508 e. The lowest BCUT2D eigenvalue weighted by Gasteiger charge is -2.26. The van der Waals surface area contributed by atoms with Crippen LogP contribution in [0.5, 0.6) is 11.5 Å². The molecule has 0 saturated heterocycles. The first-order valence-corrected chi connectivity index (χ1v) is 32.6. The van der Waals surface area contributed by atoms with Crippen molar-refractivity contribution in [1.82, 2.24) is 69.1 Å². The van der Waals surface area contributed by atoms with Gasteiger partial charge >= 0.3 is 5.97 Å². The minimum atomic E-state index is -1.69. The molecule has 0 fully saturated rings. The van der Waals surface area contributed by atoms with E-state index in [2.05, 4.69) is 91.7 Å². The molecule has 0 heterocycles. The lowest BCUT2D eigenvalue weighted by Crippen LogP contribution is -2.60. The summed E-state index contributed by atoms with van der Waals surface area (Å²) < 4.78 is 0. The fourth-order valence-corrected chi connectivity index (χ4v) is 9.22. The number of hydrogen-bond acceptors (Lipinski definition) is 22. The summed E-state index contributed by atoms with van der Waals surface area (Å²) in [5, 5.41) is 69.3. The van der Waals surface area contributed by atoms with E-state index in [1.165, 1.54) is 62.4 Å². The smallest absolute Gasteiger partial charge is 0.303 e. The monoisotopic (exact) mass is 1460 g/mol. The standard InChI is InChI=1S/C61H95N21O19S/c1-30(2)21-37(62)53(95)80-41(22-33-9-13-35(84)14-10-33)57(99)78-38(7-5-19-68-60(64)65)54(96)74-31(3)51(93)73-26-47(88)71-24-45(86)70-25-46(87)72-27-48(89)76-44(29-102)59(101)79-39(8-6-20-69-61(66)67)55(97)75-32(4)52(94)77-40(17-18-49(90)91)56(98)81-42(23-34-11-15-36(85)16-12-34)58(100)82-43(28-83)50(63)92/h9-16,30-32,37-44,83-85,102H,5-8,17-29,62H2,1-4H3,(H2,63,92)(H,70,86)(H,71,88)(H,72,87)(H,73,93)(H,74,96)(H,75,97)(H,76,89)(H,77,94)(H,78,99)(H,79,101)(H,80,95)(H,81,98)(H,82,100)(H,90,91)(H4,64,65,68)(H4,66,67,69)/t31-,32-,37-,38-,39-,40-,41-,42-,43-,44+/m0/s1. The number of phenolic OH excluding ortho intramolecular Hbond substituents is 2. The second-order valence-corrected chi connectivity index (χ2v) is 23.9. The molecule has 0 spiro atoms. The Labute approximate surface area is 591 Å². The summed E-state index contributed by atoms with van der Waals surface area (Å²) in [6.07, 6.45) is -1.34. The average molecular weight is 1460 g/mol. The molecule has 40 nitrogen and oxygen atoms in total. The zero-order valence-corrected chi connectivity index (χ0v) is 57.6. The number of benzene rings is 2. The number of carbonyl (C=O) groups excluding carboxylic acids is 14. The molecule has 29 N–H and O–H groups in total. The molecule has 2 rings (SSSR count). The number of rotatable bonds is 46. The Bertz CT molecular complexity index is 3280. The van der Waals surface area contributed by atoms with Gasteiger partial charge in [0.05, 0.1) is 38.8 Å². The molecule has 0 aliphatic rings. The number of thiol groups is 1. The maximum Gasteiger partial charge on any atom is 0.303 e. The lowest BCUT2D eigenvalue weighted by molar-refractivity contribution is -0.138. The van der Waals surface area contributed by atoms with Crippen molar-refractivity contribution in [3.63, 3.8) is 0 Å². The van der Waals surface area contributed by atoms with Crippen molar-refractivity contribution < 1.29 is 92.3 Å². The van der Waals surface area contributed by atoms with Crippen LogP contribution in [0.1, 0.15) is 83.8 Å². The van der Waals surface area contributed by atoms with Crippen LogP contribution in [-0.2, 0) is 84.8 Å². The maximum atomic E-state index is 13.9. The fraction of sp³-hybridized carbons (Fsp3) is 0.525. The van der Waals surface area contributed by atoms with Crippen molar-refractivity contribution in [3.05, 3.63) is 59.7 Å². The van der Waals surface area contributed by atoms with Crippen LogP contribution in [0.3, 0.4) is 0 Å². The van der Waals surface area contributed by atoms with Crippen LogP contribution in [0.2, 0.25) is 0 Å². The summed E-state index contributed by atoms with van der Waals surface area (Å²) in [6.45, 7) is 2.37. The highest BCUT2D eigenvalue weighted by molar-refractivity contribution is 7.80. The number of phenols is 2. The molecule has 2 aromatic rings. The zero-order valence-electron chi connectivity index (χ0n) is 56.7. The molecule has 0 aliphatic heterocycles. The maximum absolute atomic E-state index is 13.9. The molecule has 0 aliphatic carbocycles. The number of aromatic hydroxyl groups is 2. The molecule has 0 bridgehead atoms. The van der Waals surface area contributed by atoms with Gasteiger partial charge in [-0.05, 0) is 93.7 Å². The Morgan fingerprint density at radius 3 is 1.19 bits per heavy atom. The Hall–Kier alpha value is -11.1. The number of nitrogens with zero attached hydrogens (tertiary/aromatic N) is 2. The number of amides is 14. The summed E-state index contributed by atoms with van der Waals surface area (Å²) in [7, 11) is 0. The molecule has 0 aromatic heterocycles. The van der Waals surface area contributed by atoms with Gasteiger partial charge in [-0.25, -0.2) is 0 Å². The molecule has 564 valence electrons. The third-order valence-electron chi connectivity index (χ3n) is 14.5. The predicted octanol–water partition coefficient (Wildman–Crippen LogP) is -9.50. The van der Waals surface area contributed by atoms with Crippen LogP contribution in [0.4, 0.5) is 0 Å². The molecule has 10 atom stereocenters. The van der Waals surface area contributed by atoms with Crippen molar-refractivity contribution in [2.45, 2.75) is 146 Å². The van der Waals surface area contributed by atoms with Crippen LogP contribution in [0.25, 0.3) is 0 Å². The van der Waals surface area contributed by atoms with Gasteiger partial charge in [-0.3, -0.25) is 81.9 Å². The molecule has 0 saturated carbocycles. The largest absolute Gasteiger partial charge is 0.508 e. The highest BCUT2D eigenvalue weighted by Crippen LogP contribution is 2.15. The number of aliphatic hydroxyl groups excluding tert-OH is 1. The first-order chi connectivity index (χ1) is 48.0. The van der Waals surface area contributed by atoms with Gasteiger partial charge in [0, 0.05) is 38.1 Å². The van der Waals surface area contributed by atoms with Gasteiger partial charge < -0.3 is 124 Å². The van der Waals surface area contributed by atoms with Crippen molar-refractivity contribution >= 4 is 113 Å². The van der Waals surface area contributed by atoms with Gasteiger partial charge in [0.25, 0.3) is 0 Å². The predicted molar refractivity (Wildman–Crippen MR) is 369 cm³/mol. The van der Waals surface area contributed by atoms with Gasteiger partial charge in [-0.2, -0.15) is 12.6 Å². The molecule has 102 heavy (non-hydrogen) atoms. The van der Waals surface area contributed by atoms with Crippen LogP contribution in [-0.4, -0.2) is 233 Å². The zero-order chi connectivity index (χ0) is 76.8. The molecular weight excluding hydrogens is 1360 g/mol. The molecule has 14 amide bonds. The van der Waals surface area contributed by atoms with E-state index in [0.717, 1.165) is 0 Å². The van der Waals surface area contributed by atoms with Gasteiger partial charge in [-0.1, -0.05) is 38.1 Å². The fourth-order valence-electron chi connectivity index (χ4n) is 8.96. The number of carboxylic acids is 1. The molecule has 0 radical (unpaired) electrons. The second-order valence-electron chi connectivity index (χ2n) is 23.6. The van der Waals surface area contributed by atoms with Crippen molar-refractivity contribution in [2.75, 3.05) is 51.6 Å². The lowest BCUT2D eigenvalue weighted by atomic mass is 10.0. The number of aliphatic hydroxyl groups is 1. The van der Waals surface area contributed by atoms with Crippen molar-refractivity contribution in [1.29, 1.82) is 0 Å². The SMILES string of the molecule is CC(C)C[C@H](N)C(=O)N[C@@H](Cc1ccc(O)cc1)C(=O)N[C@@H](CCCN=C(N)N)C(=O)N[C@@H](C)C(=O)NCC(=O)NCC(=O)NCC(=O)NCC(=O)N[C@H](CS)C(=O)N[C@@H](CCCN=C(N)N)C(=O)N[C@@H](C)C(=O)N[C@@H](CCC(=O)O)C(=O)N[C@@H](Cc1ccc(O)cc1)C(=O)N[C@@H](CO)C(N)=O. The van der Waals surface area contributed by atoms with E-state index in [1.807, 2.05) is 13.8 Å². The summed E-state index contributed by atoms with van der Waals surface area (Å²) >= 11 is 4.13.